The summed E-state index contributed by atoms with van der Waals surface area (Å²) in [5.74, 6) is 0.137. The van der Waals surface area contributed by atoms with E-state index in [4.69, 9.17) is 0 Å². The Morgan fingerprint density at radius 3 is 2.32 bits per heavy atom. The highest BCUT2D eigenvalue weighted by molar-refractivity contribution is 6.09. The van der Waals surface area contributed by atoms with Crippen LogP contribution in [0.3, 0.4) is 0 Å². The first-order valence-electron chi connectivity index (χ1n) is 6.89. The van der Waals surface area contributed by atoms with Gasteiger partial charge >= 0.3 is 0 Å². The highest BCUT2D eigenvalue weighted by atomic mass is 16.1. The van der Waals surface area contributed by atoms with E-state index < -0.39 is 0 Å². The van der Waals surface area contributed by atoms with E-state index in [0.717, 1.165) is 24.0 Å². The van der Waals surface area contributed by atoms with Crippen molar-refractivity contribution in [2.45, 2.75) is 33.1 Å². The Morgan fingerprint density at radius 1 is 0.842 bits per heavy atom. The number of rotatable bonds is 2. The van der Waals surface area contributed by atoms with Gasteiger partial charge in [-0.15, -0.1) is 0 Å². The van der Waals surface area contributed by atoms with Crippen LogP contribution in [-0.4, -0.2) is 5.78 Å². The van der Waals surface area contributed by atoms with E-state index in [-0.39, 0.29) is 5.78 Å². The highest BCUT2D eigenvalue weighted by Crippen LogP contribution is 2.24. The number of ketones is 1. The van der Waals surface area contributed by atoms with Crippen LogP contribution in [0.5, 0.6) is 0 Å². The molecule has 3 rings (SSSR count). The van der Waals surface area contributed by atoms with E-state index in [1.807, 2.05) is 24.3 Å². The molecule has 0 radical (unpaired) electrons. The van der Waals surface area contributed by atoms with Gasteiger partial charge in [-0.05, 0) is 67.5 Å². The molecule has 0 aromatic heterocycles. The van der Waals surface area contributed by atoms with Crippen molar-refractivity contribution in [2.75, 3.05) is 0 Å². The fraction of sp³-hybridized carbons (Fsp3) is 0.278. The summed E-state index contributed by atoms with van der Waals surface area (Å²) in [4.78, 5) is 12.5. The van der Waals surface area contributed by atoms with Gasteiger partial charge < -0.3 is 0 Å². The minimum Gasteiger partial charge on any atom is -0.289 e. The molecule has 0 saturated carbocycles. The molecule has 0 aliphatic heterocycles. The Bertz CT molecular complexity index is 653. The summed E-state index contributed by atoms with van der Waals surface area (Å²) in [5, 5.41) is 0. The van der Waals surface area contributed by atoms with Gasteiger partial charge in [0.1, 0.15) is 0 Å². The molecule has 0 N–H and O–H groups in total. The van der Waals surface area contributed by atoms with Gasteiger partial charge in [-0.25, -0.2) is 0 Å². The second kappa shape index (κ2) is 4.65. The van der Waals surface area contributed by atoms with Gasteiger partial charge in [0, 0.05) is 11.1 Å². The minimum atomic E-state index is 0.137. The summed E-state index contributed by atoms with van der Waals surface area (Å²) in [6, 6.07) is 12.1. The number of hydrogen-bond acceptors (Lipinski definition) is 1. The van der Waals surface area contributed by atoms with Crippen molar-refractivity contribution >= 4 is 5.78 Å². The monoisotopic (exact) mass is 250 g/mol. The number of carbonyl (C=O) groups excluding carboxylic acids is 1. The first-order chi connectivity index (χ1) is 9.15. The summed E-state index contributed by atoms with van der Waals surface area (Å²) in [6.07, 6.45) is 3.49. The van der Waals surface area contributed by atoms with Gasteiger partial charge in [-0.2, -0.15) is 0 Å². The molecule has 1 aliphatic rings. The molecular weight excluding hydrogens is 232 g/mol. The van der Waals surface area contributed by atoms with E-state index >= 15 is 0 Å². The van der Waals surface area contributed by atoms with Crippen LogP contribution in [0.15, 0.2) is 36.4 Å². The maximum Gasteiger partial charge on any atom is 0.193 e. The quantitative estimate of drug-likeness (QED) is 0.736. The Hall–Kier alpha value is -1.89. The topological polar surface area (TPSA) is 17.1 Å². The first kappa shape index (κ1) is 12.2. The summed E-state index contributed by atoms with van der Waals surface area (Å²) in [7, 11) is 0. The molecule has 0 heterocycles. The van der Waals surface area contributed by atoms with Gasteiger partial charge in [-0.1, -0.05) is 24.3 Å². The van der Waals surface area contributed by atoms with Gasteiger partial charge in [0.25, 0.3) is 0 Å². The van der Waals surface area contributed by atoms with Crippen LogP contribution in [0.1, 0.15) is 44.6 Å². The van der Waals surface area contributed by atoms with E-state index in [0.29, 0.717) is 0 Å². The third-order valence-corrected chi connectivity index (χ3v) is 4.13. The molecule has 0 fully saturated rings. The van der Waals surface area contributed by atoms with E-state index in [2.05, 4.69) is 26.0 Å². The Balaban J connectivity index is 1.97. The van der Waals surface area contributed by atoms with Crippen LogP contribution < -0.4 is 0 Å². The number of carbonyl (C=O) groups is 1. The molecule has 1 aliphatic carbocycles. The summed E-state index contributed by atoms with van der Waals surface area (Å²) in [6.45, 7) is 4.12. The molecule has 2 aromatic rings. The first-order valence-corrected chi connectivity index (χ1v) is 6.89. The molecule has 0 bridgehead atoms. The number of hydrogen-bond donors (Lipinski definition) is 0. The van der Waals surface area contributed by atoms with E-state index in [1.165, 1.54) is 28.7 Å². The molecule has 0 spiro atoms. The lowest BCUT2D eigenvalue weighted by Gasteiger charge is -2.06. The highest BCUT2D eigenvalue weighted by Gasteiger charge is 2.15. The molecular formula is C18H18O. The lowest BCUT2D eigenvalue weighted by Crippen LogP contribution is -2.03. The average Bonchev–Trinajstić information content (AvgIpc) is 2.88. The predicted octanol–water partition coefficient (Wildman–Crippen LogP) is 4.02. The zero-order valence-corrected chi connectivity index (χ0v) is 11.5. The molecule has 2 aromatic carbocycles. The largest absolute Gasteiger partial charge is 0.289 e. The third-order valence-electron chi connectivity index (χ3n) is 4.13. The maximum atomic E-state index is 12.5. The molecule has 19 heavy (non-hydrogen) atoms. The average molecular weight is 250 g/mol. The minimum absolute atomic E-state index is 0.137. The van der Waals surface area contributed by atoms with Gasteiger partial charge in [-0.3, -0.25) is 4.79 Å². The van der Waals surface area contributed by atoms with Crippen molar-refractivity contribution in [2.24, 2.45) is 0 Å². The number of fused-ring (bicyclic) bond motifs is 1. The molecule has 1 nitrogen and oxygen atoms in total. The van der Waals surface area contributed by atoms with Crippen LogP contribution >= 0.6 is 0 Å². The lowest BCUT2D eigenvalue weighted by atomic mass is 9.97. The molecule has 0 amide bonds. The van der Waals surface area contributed by atoms with Crippen LogP contribution in [0, 0.1) is 13.8 Å². The third kappa shape index (κ3) is 2.21. The van der Waals surface area contributed by atoms with Gasteiger partial charge in [0.2, 0.25) is 0 Å². The Morgan fingerprint density at radius 2 is 1.53 bits per heavy atom. The van der Waals surface area contributed by atoms with Crippen molar-refractivity contribution in [3.05, 3.63) is 69.8 Å². The van der Waals surface area contributed by atoms with Crippen molar-refractivity contribution in [1.82, 2.24) is 0 Å². The SMILES string of the molecule is Cc1ccc(C(=O)c2ccc3c(c2)CCC3)cc1C. The standard InChI is InChI=1S/C18H18O/c1-12-6-7-16(10-13(12)2)18(19)17-9-8-14-4-3-5-15(14)11-17/h6-11H,3-5H2,1-2H3. The van der Waals surface area contributed by atoms with Crippen LogP contribution in [0.4, 0.5) is 0 Å². The lowest BCUT2D eigenvalue weighted by molar-refractivity contribution is 0.103. The fourth-order valence-electron chi connectivity index (χ4n) is 2.76. The maximum absolute atomic E-state index is 12.5. The molecule has 0 saturated heterocycles. The van der Waals surface area contributed by atoms with Crippen LogP contribution in [0.2, 0.25) is 0 Å². The normalized spacial score (nSPS) is 13.4. The van der Waals surface area contributed by atoms with Crippen LogP contribution in [0.25, 0.3) is 0 Å². The van der Waals surface area contributed by atoms with Crippen molar-refractivity contribution in [1.29, 1.82) is 0 Å². The van der Waals surface area contributed by atoms with Crippen molar-refractivity contribution < 1.29 is 4.79 Å². The Labute approximate surface area is 114 Å². The second-order valence-electron chi connectivity index (χ2n) is 5.47. The number of benzene rings is 2. The van der Waals surface area contributed by atoms with E-state index in [9.17, 15) is 4.79 Å². The fourth-order valence-corrected chi connectivity index (χ4v) is 2.76. The van der Waals surface area contributed by atoms with Crippen molar-refractivity contribution in [3.8, 4) is 0 Å². The molecule has 1 heteroatoms. The van der Waals surface area contributed by atoms with Gasteiger partial charge in [0.05, 0.1) is 0 Å². The zero-order valence-electron chi connectivity index (χ0n) is 11.5. The zero-order chi connectivity index (χ0) is 13.4. The van der Waals surface area contributed by atoms with Crippen LogP contribution in [-0.2, 0) is 12.8 Å². The van der Waals surface area contributed by atoms with E-state index in [1.54, 1.807) is 0 Å². The summed E-state index contributed by atoms with van der Waals surface area (Å²) < 4.78 is 0. The second-order valence-corrected chi connectivity index (χ2v) is 5.47. The molecule has 96 valence electrons. The Kier molecular flexibility index (Phi) is 2.98. The smallest absolute Gasteiger partial charge is 0.193 e. The number of aryl methyl sites for hydroxylation is 4. The van der Waals surface area contributed by atoms with Crippen molar-refractivity contribution in [3.63, 3.8) is 0 Å². The predicted molar refractivity (Wildman–Crippen MR) is 77.8 cm³/mol. The summed E-state index contributed by atoms with van der Waals surface area (Å²) in [5.41, 5.74) is 6.79. The molecule has 0 atom stereocenters. The van der Waals surface area contributed by atoms with Gasteiger partial charge in [0.15, 0.2) is 5.78 Å². The summed E-state index contributed by atoms with van der Waals surface area (Å²) >= 11 is 0. The molecule has 0 unspecified atom stereocenters.